The van der Waals surface area contributed by atoms with E-state index in [0.717, 1.165) is 29.9 Å². The Kier molecular flexibility index (Phi) is 6.30. The number of carbonyl (C=O) groups excluding carboxylic acids is 2. The highest BCUT2D eigenvalue weighted by Gasteiger charge is 2.32. The van der Waals surface area contributed by atoms with Crippen molar-refractivity contribution in [1.82, 2.24) is 14.7 Å². The Morgan fingerprint density at radius 2 is 1.97 bits per heavy atom. The topological polar surface area (TPSA) is 116 Å². The second kappa shape index (κ2) is 9.30. The van der Waals surface area contributed by atoms with Gasteiger partial charge in [0.15, 0.2) is 0 Å². The lowest BCUT2D eigenvalue weighted by molar-refractivity contribution is -0.130. The number of benzene rings is 1. The molecule has 8 heteroatoms. The van der Waals surface area contributed by atoms with Crippen molar-refractivity contribution in [2.75, 3.05) is 18.8 Å². The summed E-state index contributed by atoms with van der Waals surface area (Å²) in [6.45, 7) is 3.19. The van der Waals surface area contributed by atoms with Crippen LogP contribution in [0, 0.1) is 0 Å². The van der Waals surface area contributed by atoms with E-state index >= 15 is 0 Å². The van der Waals surface area contributed by atoms with Crippen LogP contribution in [-0.4, -0.2) is 39.6 Å². The van der Waals surface area contributed by atoms with E-state index in [0.29, 0.717) is 38.0 Å². The van der Waals surface area contributed by atoms with Crippen LogP contribution in [0.25, 0.3) is 5.57 Å². The van der Waals surface area contributed by atoms with Gasteiger partial charge in [-0.2, -0.15) is 5.10 Å². The molecule has 0 radical (unpaired) electrons. The fraction of sp³-hybridized carbons (Fsp3) is 0.375. The summed E-state index contributed by atoms with van der Waals surface area (Å²) in [5.41, 5.74) is 13.7. The number of anilines is 1. The van der Waals surface area contributed by atoms with Crippen LogP contribution < -0.4 is 16.2 Å². The van der Waals surface area contributed by atoms with Crippen molar-refractivity contribution in [3.63, 3.8) is 0 Å². The minimum Gasteiger partial charge on any atom is -0.462 e. The molecule has 8 nitrogen and oxygen atoms in total. The summed E-state index contributed by atoms with van der Waals surface area (Å²) in [4.78, 5) is 26.3. The average Bonchev–Trinajstić information content (AvgIpc) is 3.40. The lowest BCUT2D eigenvalue weighted by Gasteiger charge is -2.17. The van der Waals surface area contributed by atoms with E-state index in [1.165, 1.54) is 0 Å². The van der Waals surface area contributed by atoms with Crippen molar-refractivity contribution in [2.24, 2.45) is 5.73 Å². The molecule has 1 atom stereocenters. The first-order valence-corrected chi connectivity index (χ1v) is 11.1. The first-order chi connectivity index (χ1) is 15.5. The molecule has 4 N–H and O–H groups in total. The van der Waals surface area contributed by atoms with Gasteiger partial charge < -0.3 is 21.1 Å². The van der Waals surface area contributed by atoms with Crippen molar-refractivity contribution in [3.8, 4) is 5.75 Å². The maximum Gasteiger partial charge on any atom is 0.254 e. The Labute approximate surface area is 187 Å². The number of nitrogens with zero attached hydrogens (tertiary/aromatic N) is 3. The molecule has 0 bridgehead atoms. The van der Waals surface area contributed by atoms with Crippen molar-refractivity contribution >= 4 is 23.2 Å². The number of allylic oxidation sites excluding steroid dienone is 4. The Balaban J connectivity index is 1.57. The number of rotatable bonds is 7. The molecule has 1 aromatic heterocycles. The van der Waals surface area contributed by atoms with Crippen LogP contribution in [0.15, 0.2) is 48.2 Å². The molecular weight excluding hydrogens is 406 g/mol. The Bertz CT molecular complexity index is 1070. The van der Waals surface area contributed by atoms with E-state index in [1.54, 1.807) is 4.68 Å². The zero-order valence-electron chi connectivity index (χ0n) is 18.3. The van der Waals surface area contributed by atoms with Gasteiger partial charge in [-0.05, 0) is 43.0 Å². The molecule has 0 unspecified atom stereocenters. The number of primary amides is 1. The van der Waals surface area contributed by atoms with Crippen LogP contribution in [0.2, 0.25) is 0 Å². The zero-order chi connectivity index (χ0) is 22.7. The molecule has 1 aliphatic heterocycles. The maximum atomic E-state index is 12.3. The summed E-state index contributed by atoms with van der Waals surface area (Å²) in [6.07, 6.45) is 7.23. The zero-order valence-corrected chi connectivity index (χ0v) is 18.3. The van der Waals surface area contributed by atoms with Gasteiger partial charge in [-0.15, -0.1) is 0 Å². The number of amides is 2. The smallest absolute Gasteiger partial charge is 0.254 e. The van der Waals surface area contributed by atoms with Gasteiger partial charge in [0, 0.05) is 25.9 Å². The van der Waals surface area contributed by atoms with Crippen molar-refractivity contribution in [2.45, 2.75) is 45.1 Å². The molecule has 2 aromatic rings. The molecule has 2 heterocycles. The second-order valence-corrected chi connectivity index (χ2v) is 8.19. The molecule has 2 amide bonds. The van der Waals surface area contributed by atoms with E-state index in [1.807, 2.05) is 54.3 Å². The van der Waals surface area contributed by atoms with E-state index in [-0.39, 0.29) is 23.3 Å². The van der Waals surface area contributed by atoms with Gasteiger partial charge in [0.25, 0.3) is 5.91 Å². The fourth-order valence-corrected chi connectivity index (χ4v) is 4.27. The summed E-state index contributed by atoms with van der Waals surface area (Å²) in [6, 6.07) is 9.53. The maximum absolute atomic E-state index is 12.3. The highest BCUT2D eigenvalue weighted by atomic mass is 16.5. The van der Waals surface area contributed by atoms with Crippen LogP contribution in [0.3, 0.4) is 0 Å². The van der Waals surface area contributed by atoms with E-state index in [2.05, 4.69) is 0 Å². The van der Waals surface area contributed by atoms with Crippen molar-refractivity contribution in [1.29, 1.82) is 0 Å². The highest BCUT2D eigenvalue weighted by Crippen LogP contribution is 2.34. The third-order valence-corrected chi connectivity index (χ3v) is 5.93. The largest absolute Gasteiger partial charge is 0.462 e. The monoisotopic (exact) mass is 435 g/mol. The van der Waals surface area contributed by atoms with Gasteiger partial charge in [0.2, 0.25) is 5.91 Å². The summed E-state index contributed by atoms with van der Waals surface area (Å²) in [7, 11) is 0. The molecule has 1 aliphatic carbocycles. The number of para-hydroxylation sites is 1. The van der Waals surface area contributed by atoms with Gasteiger partial charge in [-0.3, -0.25) is 9.59 Å². The quantitative estimate of drug-likeness (QED) is 0.692. The van der Waals surface area contributed by atoms with Crippen LogP contribution >= 0.6 is 0 Å². The van der Waals surface area contributed by atoms with Crippen molar-refractivity contribution < 1.29 is 14.3 Å². The number of ether oxygens (including phenoxy) is 1. The van der Waals surface area contributed by atoms with Crippen molar-refractivity contribution in [3.05, 3.63) is 59.5 Å². The van der Waals surface area contributed by atoms with E-state index in [9.17, 15) is 9.59 Å². The third-order valence-electron chi connectivity index (χ3n) is 5.93. The number of hydrogen-bond acceptors (Lipinski definition) is 5. The van der Waals surface area contributed by atoms with Gasteiger partial charge in [0.1, 0.15) is 28.6 Å². The molecule has 32 heavy (non-hydrogen) atoms. The highest BCUT2D eigenvalue weighted by molar-refractivity contribution is 6.02. The lowest BCUT2D eigenvalue weighted by atomic mass is 9.98. The Morgan fingerprint density at radius 1 is 1.19 bits per heavy atom. The predicted octanol–water partition coefficient (Wildman–Crippen LogP) is 3.28. The molecule has 4 rings (SSSR count). The first-order valence-electron chi connectivity index (χ1n) is 11.1. The molecule has 0 spiro atoms. The number of nitrogen functional groups attached to an aromatic ring is 1. The summed E-state index contributed by atoms with van der Waals surface area (Å²) >= 11 is 0. The van der Waals surface area contributed by atoms with Crippen LogP contribution in [0.5, 0.6) is 5.75 Å². The van der Waals surface area contributed by atoms with Gasteiger partial charge in [0.05, 0.1) is 6.04 Å². The third kappa shape index (κ3) is 4.39. The second-order valence-electron chi connectivity index (χ2n) is 8.19. The first kappa shape index (κ1) is 21.7. The normalized spacial score (nSPS) is 18.3. The molecule has 1 saturated heterocycles. The lowest BCUT2D eigenvalue weighted by Crippen LogP contribution is -2.29. The van der Waals surface area contributed by atoms with Crippen LogP contribution in [0.1, 0.15) is 61.1 Å². The molecule has 1 aromatic carbocycles. The molecule has 1 fully saturated rings. The minimum atomic E-state index is -0.600. The van der Waals surface area contributed by atoms with Crippen LogP contribution in [0.4, 0.5) is 5.82 Å². The van der Waals surface area contributed by atoms with E-state index in [4.69, 9.17) is 21.3 Å². The summed E-state index contributed by atoms with van der Waals surface area (Å²) in [5, 5.41) is 4.70. The summed E-state index contributed by atoms with van der Waals surface area (Å²) < 4.78 is 7.59. The van der Waals surface area contributed by atoms with Gasteiger partial charge in [-0.1, -0.05) is 31.2 Å². The fourth-order valence-electron chi connectivity index (χ4n) is 4.27. The minimum absolute atomic E-state index is 0.0700. The predicted molar refractivity (Wildman–Crippen MR) is 123 cm³/mol. The number of likely N-dealkylation sites (tertiary alicyclic amines) is 1. The molecule has 0 saturated carbocycles. The SMILES string of the molecule is CCCC(=O)N1CC[C@@H](n2nc(C3=CC=C(Oc4ccccc4)CC3)c(C(N)=O)c2N)C1. The van der Waals surface area contributed by atoms with E-state index < -0.39 is 5.91 Å². The molecular formula is C24H29N5O3. The van der Waals surface area contributed by atoms with Crippen LogP contribution in [-0.2, 0) is 4.79 Å². The standard InChI is InChI=1S/C24H29N5O3/c1-2-6-20(30)28-14-13-17(15-28)29-23(25)21(24(26)31)22(27-29)16-9-11-19(12-10-16)32-18-7-4-3-5-8-18/h3-5,7-9,11,17H,2,6,10,12-15,25H2,1H3,(H2,26,31)/t17-/m1/s1. The average molecular weight is 436 g/mol. The number of carbonyl (C=O) groups is 2. The van der Waals surface area contributed by atoms with Gasteiger partial charge >= 0.3 is 0 Å². The van der Waals surface area contributed by atoms with Gasteiger partial charge in [-0.25, -0.2) is 4.68 Å². The number of nitrogens with two attached hydrogens (primary N) is 2. The Morgan fingerprint density at radius 3 is 2.62 bits per heavy atom. The summed E-state index contributed by atoms with van der Waals surface area (Å²) in [5.74, 6) is 1.43. The molecule has 168 valence electrons. The Hall–Kier alpha value is -3.55. The number of hydrogen-bond donors (Lipinski definition) is 2. The number of aromatic nitrogens is 2. The molecule has 2 aliphatic rings.